The second-order valence-corrected chi connectivity index (χ2v) is 10.9. The fourth-order valence-corrected chi connectivity index (χ4v) is 5.63. The first-order chi connectivity index (χ1) is 16.7. The van der Waals surface area contributed by atoms with Gasteiger partial charge in [0.05, 0.1) is 0 Å². The van der Waals surface area contributed by atoms with E-state index in [1.54, 1.807) is 0 Å². The minimum atomic E-state index is 0.793. The van der Waals surface area contributed by atoms with Crippen LogP contribution < -0.4 is 0 Å². The molecule has 0 atom stereocenters. The van der Waals surface area contributed by atoms with Crippen LogP contribution in [0.5, 0.6) is 0 Å². The molecule has 0 saturated heterocycles. The van der Waals surface area contributed by atoms with Crippen LogP contribution in [0, 0.1) is 11.8 Å². The zero-order valence-corrected chi connectivity index (χ0v) is 21.7. The maximum atomic E-state index is 6.02. The van der Waals surface area contributed by atoms with Gasteiger partial charge in [-0.25, -0.2) is 0 Å². The smallest absolute Gasteiger partial charge is 0.0406 e. The van der Waals surface area contributed by atoms with Gasteiger partial charge in [-0.15, -0.1) is 0 Å². The third-order valence-corrected chi connectivity index (χ3v) is 8.12. The van der Waals surface area contributed by atoms with Crippen molar-refractivity contribution in [3.8, 4) is 11.1 Å². The minimum Gasteiger partial charge on any atom is -0.0843 e. The molecular formula is C33H41Cl. The van der Waals surface area contributed by atoms with Crippen molar-refractivity contribution >= 4 is 11.6 Å². The SMILES string of the molecule is CCCCCc1ccc(CCC2CCC(CCc3ccc(-c4ccc(Cl)cc4)cc3)CC2)cc1. The predicted molar refractivity (Wildman–Crippen MR) is 149 cm³/mol. The highest BCUT2D eigenvalue weighted by atomic mass is 35.5. The Balaban J connectivity index is 1.14. The molecule has 0 heterocycles. The molecule has 1 saturated carbocycles. The third-order valence-electron chi connectivity index (χ3n) is 7.87. The van der Waals surface area contributed by atoms with E-state index in [1.165, 1.54) is 105 Å². The maximum Gasteiger partial charge on any atom is 0.0406 e. The van der Waals surface area contributed by atoms with Crippen LogP contribution in [-0.2, 0) is 19.3 Å². The minimum absolute atomic E-state index is 0.793. The van der Waals surface area contributed by atoms with Crippen LogP contribution >= 0.6 is 11.6 Å². The van der Waals surface area contributed by atoms with Crippen LogP contribution in [0.3, 0.4) is 0 Å². The van der Waals surface area contributed by atoms with Gasteiger partial charge in [0.2, 0.25) is 0 Å². The number of hydrogen-bond donors (Lipinski definition) is 0. The fourth-order valence-electron chi connectivity index (χ4n) is 5.51. The summed E-state index contributed by atoms with van der Waals surface area (Å²) in [7, 11) is 0. The van der Waals surface area contributed by atoms with Crippen LogP contribution in [0.4, 0.5) is 0 Å². The summed E-state index contributed by atoms with van der Waals surface area (Å²) in [6.45, 7) is 2.28. The molecule has 3 aromatic rings. The summed E-state index contributed by atoms with van der Waals surface area (Å²) in [6.07, 6.45) is 16.1. The fraction of sp³-hybridized carbons (Fsp3) is 0.455. The molecule has 0 aromatic heterocycles. The highest BCUT2D eigenvalue weighted by Gasteiger charge is 2.21. The molecule has 34 heavy (non-hydrogen) atoms. The van der Waals surface area contributed by atoms with Crippen molar-refractivity contribution in [2.24, 2.45) is 11.8 Å². The Morgan fingerprint density at radius 2 is 0.971 bits per heavy atom. The van der Waals surface area contributed by atoms with Crippen LogP contribution in [0.2, 0.25) is 5.02 Å². The van der Waals surface area contributed by atoms with Gasteiger partial charge in [-0.3, -0.25) is 0 Å². The lowest BCUT2D eigenvalue weighted by Gasteiger charge is -2.28. The molecule has 0 aliphatic heterocycles. The molecule has 180 valence electrons. The summed E-state index contributed by atoms with van der Waals surface area (Å²) in [5.74, 6) is 1.84. The monoisotopic (exact) mass is 472 g/mol. The summed E-state index contributed by atoms with van der Waals surface area (Å²) in [4.78, 5) is 0. The van der Waals surface area contributed by atoms with Gasteiger partial charge in [0.1, 0.15) is 0 Å². The number of benzene rings is 3. The highest BCUT2D eigenvalue weighted by molar-refractivity contribution is 6.30. The van der Waals surface area contributed by atoms with Crippen LogP contribution in [0.1, 0.15) is 81.4 Å². The molecule has 1 heteroatoms. The molecule has 1 aliphatic carbocycles. The van der Waals surface area contributed by atoms with Crippen molar-refractivity contribution in [2.75, 3.05) is 0 Å². The zero-order valence-electron chi connectivity index (χ0n) is 20.9. The number of unbranched alkanes of at least 4 members (excludes halogenated alkanes) is 2. The predicted octanol–water partition coefficient (Wildman–Crippen LogP) is 10.1. The summed E-state index contributed by atoms with van der Waals surface area (Å²) in [6, 6.07) is 26.7. The van der Waals surface area contributed by atoms with Crippen molar-refractivity contribution in [1.82, 2.24) is 0 Å². The molecule has 1 fully saturated rings. The van der Waals surface area contributed by atoms with Crippen LogP contribution in [-0.4, -0.2) is 0 Å². The molecule has 0 N–H and O–H groups in total. The number of hydrogen-bond acceptors (Lipinski definition) is 0. The Morgan fingerprint density at radius 3 is 1.44 bits per heavy atom. The summed E-state index contributed by atoms with van der Waals surface area (Å²) in [5.41, 5.74) is 7.02. The number of aryl methyl sites for hydroxylation is 3. The van der Waals surface area contributed by atoms with E-state index in [9.17, 15) is 0 Å². The van der Waals surface area contributed by atoms with E-state index < -0.39 is 0 Å². The normalized spacial score (nSPS) is 18.2. The first-order valence-electron chi connectivity index (χ1n) is 13.6. The van der Waals surface area contributed by atoms with Crippen molar-refractivity contribution in [2.45, 2.75) is 84.0 Å². The average molecular weight is 473 g/mol. The molecule has 0 amide bonds. The van der Waals surface area contributed by atoms with Gasteiger partial charge in [-0.1, -0.05) is 118 Å². The van der Waals surface area contributed by atoms with E-state index >= 15 is 0 Å². The van der Waals surface area contributed by atoms with Crippen molar-refractivity contribution in [1.29, 1.82) is 0 Å². The Morgan fingerprint density at radius 1 is 0.559 bits per heavy atom. The standard InChI is InChI=1S/C33H41Cl/c1-2-3-4-5-26-6-8-27(9-7-26)10-11-28-12-14-29(15-13-28)16-17-30-18-20-31(21-19-30)32-22-24-33(34)25-23-32/h6-9,18-25,28-29H,2-5,10-17H2,1H3. The molecule has 0 bridgehead atoms. The van der Waals surface area contributed by atoms with Crippen molar-refractivity contribution in [3.05, 3.63) is 94.5 Å². The Hall–Kier alpha value is -2.05. The maximum absolute atomic E-state index is 6.02. The first-order valence-corrected chi connectivity index (χ1v) is 14.0. The molecular weight excluding hydrogens is 432 g/mol. The first kappa shape index (κ1) is 25.1. The molecule has 1 aliphatic rings. The van der Waals surface area contributed by atoms with Crippen LogP contribution in [0.25, 0.3) is 11.1 Å². The topological polar surface area (TPSA) is 0 Å². The van der Waals surface area contributed by atoms with E-state index in [-0.39, 0.29) is 0 Å². The van der Waals surface area contributed by atoms with Gasteiger partial charge in [0.25, 0.3) is 0 Å². The van der Waals surface area contributed by atoms with Crippen LogP contribution in [0.15, 0.2) is 72.8 Å². The van der Waals surface area contributed by atoms with E-state index in [0.29, 0.717) is 0 Å². The summed E-state index contributed by atoms with van der Waals surface area (Å²) < 4.78 is 0. The lowest BCUT2D eigenvalue weighted by molar-refractivity contribution is 0.253. The number of halogens is 1. The van der Waals surface area contributed by atoms with Crippen molar-refractivity contribution < 1.29 is 0 Å². The average Bonchev–Trinajstić information content (AvgIpc) is 2.89. The van der Waals surface area contributed by atoms with E-state index in [4.69, 9.17) is 11.6 Å². The molecule has 0 nitrogen and oxygen atoms in total. The van der Waals surface area contributed by atoms with Gasteiger partial charge in [-0.2, -0.15) is 0 Å². The summed E-state index contributed by atoms with van der Waals surface area (Å²) in [5, 5.41) is 0.793. The summed E-state index contributed by atoms with van der Waals surface area (Å²) >= 11 is 6.02. The quantitative estimate of drug-likeness (QED) is 0.243. The molecule has 0 spiro atoms. The molecule has 3 aromatic carbocycles. The van der Waals surface area contributed by atoms with Crippen molar-refractivity contribution in [3.63, 3.8) is 0 Å². The third kappa shape index (κ3) is 7.74. The van der Waals surface area contributed by atoms with Gasteiger partial charge < -0.3 is 0 Å². The second kappa shape index (κ2) is 13.1. The van der Waals surface area contributed by atoms with E-state index in [0.717, 1.165) is 16.9 Å². The van der Waals surface area contributed by atoms with Gasteiger partial charge in [0, 0.05) is 5.02 Å². The largest absolute Gasteiger partial charge is 0.0843 e. The van der Waals surface area contributed by atoms with Gasteiger partial charge >= 0.3 is 0 Å². The Labute approximate surface area is 212 Å². The van der Waals surface area contributed by atoms with E-state index in [2.05, 4.69) is 67.6 Å². The highest BCUT2D eigenvalue weighted by Crippen LogP contribution is 2.34. The molecule has 0 radical (unpaired) electrons. The molecule has 0 unspecified atom stereocenters. The molecule has 4 rings (SSSR count). The second-order valence-electron chi connectivity index (χ2n) is 10.4. The van der Waals surface area contributed by atoms with E-state index in [1.807, 2.05) is 12.1 Å². The van der Waals surface area contributed by atoms with Gasteiger partial charge in [-0.05, 0) is 90.3 Å². The zero-order chi connectivity index (χ0) is 23.6. The lowest BCUT2D eigenvalue weighted by Crippen LogP contribution is -2.15. The lowest BCUT2D eigenvalue weighted by atomic mass is 9.77. The number of rotatable bonds is 11. The Bertz CT molecular complexity index is 961. The van der Waals surface area contributed by atoms with Gasteiger partial charge in [0.15, 0.2) is 0 Å². The Kier molecular flexibility index (Phi) is 9.69.